The van der Waals surface area contributed by atoms with Gasteiger partial charge in [-0.15, -0.1) is 11.3 Å². The average molecular weight is 523 g/mol. The van der Waals surface area contributed by atoms with Crippen LogP contribution < -0.4 is 10.6 Å². The van der Waals surface area contributed by atoms with Gasteiger partial charge >= 0.3 is 0 Å². The van der Waals surface area contributed by atoms with Gasteiger partial charge in [0.1, 0.15) is 5.01 Å². The van der Waals surface area contributed by atoms with Gasteiger partial charge in [0.05, 0.1) is 15.1 Å². The summed E-state index contributed by atoms with van der Waals surface area (Å²) in [5.74, 6) is -0.421. The number of thiocarbonyl (C=S) groups is 1. The SMILES string of the molecule is O=C(NC(=S)Nc1cccc(-c2nc3ccccc3s2)c1)c1ccc(S(=O)(=O)N2CCCC2)cc1. The zero-order valence-corrected chi connectivity index (χ0v) is 21.1. The zero-order chi connectivity index (χ0) is 24.4. The number of carbonyl (C=O) groups excluding carboxylic acids is 1. The van der Waals surface area contributed by atoms with E-state index in [4.69, 9.17) is 12.2 Å². The molecule has 0 bridgehead atoms. The molecule has 1 aliphatic rings. The number of nitrogens with zero attached hydrogens (tertiary/aromatic N) is 2. The van der Waals surface area contributed by atoms with E-state index >= 15 is 0 Å². The van der Waals surface area contributed by atoms with Crippen molar-refractivity contribution in [2.75, 3.05) is 18.4 Å². The first-order valence-corrected chi connectivity index (χ1v) is 13.8. The lowest BCUT2D eigenvalue weighted by Gasteiger charge is -2.15. The van der Waals surface area contributed by atoms with Crippen molar-refractivity contribution in [3.63, 3.8) is 0 Å². The summed E-state index contributed by atoms with van der Waals surface area (Å²) in [5.41, 5.74) is 2.94. The topological polar surface area (TPSA) is 91.4 Å². The molecule has 35 heavy (non-hydrogen) atoms. The fourth-order valence-corrected chi connectivity index (χ4v) is 6.61. The normalized spacial score (nSPS) is 14.2. The van der Waals surface area contributed by atoms with Gasteiger partial charge in [0.15, 0.2) is 5.11 Å². The van der Waals surface area contributed by atoms with Crippen molar-refractivity contribution in [3.05, 3.63) is 78.4 Å². The minimum absolute atomic E-state index is 0.144. The van der Waals surface area contributed by atoms with Gasteiger partial charge in [-0.1, -0.05) is 24.3 Å². The molecule has 4 aromatic rings. The summed E-state index contributed by atoms with van der Waals surface area (Å²) in [6, 6.07) is 21.5. The smallest absolute Gasteiger partial charge is 0.257 e. The minimum atomic E-state index is -3.52. The van der Waals surface area contributed by atoms with E-state index < -0.39 is 15.9 Å². The molecule has 0 spiro atoms. The molecule has 1 saturated heterocycles. The van der Waals surface area contributed by atoms with Crippen LogP contribution in [0, 0.1) is 0 Å². The molecule has 178 valence electrons. The van der Waals surface area contributed by atoms with Crippen LogP contribution in [-0.2, 0) is 10.0 Å². The quantitative estimate of drug-likeness (QED) is 0.363. The Morgan fingerprint density at radius 2 is 1.71 bits per heavy atom. The first kappa shape index (κ1) is 23.6. The molecule has 1 amide bonds. The van der Waals surface area contributed by atoms with Crippen LogP contribution in [0.5, 0.6) is 0 Å². The van der Waals surface area contributed by atoms with Crippen molar-refractivity contribution in [2.45, 2.75) is 17.7 Å². The molecule has 2 heterocycles. The lowest BCUT2D eigenvalue weighted by molar-refractivity contribution is 0.0977. The number of hydrogen-bond acceptors (Lipinski definition) is 6. The third-order valence-corrected chi connectivity index (χ3v) is 8.91. The summed E-state index contributed by atoms with van der Waals surface area (Å²) >= 11 is 6.93. The molecule has 2 N–H and O–H groups in total. The van der Waals surface area contributed by atoms with E-state index in [2.05, 4.69) is 15.6 Å². The largest absolute Gasteiger partial charge is 0.332 e. The number of carbonyl (C=O) groups is 1. The molecule has 7 nitrogen and oxygen atoms in total. The molecule has 1 fully saturated rings. The Morgan fingerprint density at radius 3 is 2.46 bits per heavy atom. The first-order chi connectivity index (χ1) is 16.9. The number of rotatable bonds is 5. The Kier molecular flexibility index (Phi) is 6.61. The number of fused-ring (bicyclic) bond motifs is 1. The highest BCUT2D eigenvalue weighted by Crippen LogP contribution is 2.31. The van der Waals surface area contributed by atoms with E-state index in [1.807, 2.05) is 48.5 Å². The van der Waals surface area contributed by atoms with Gasteiger partial charge in [-0.25, -0.2) is 13.4 Å². The number of para-hydroxylation sites is 1. The predicted molar refractivity (Wildman–Crippen MR) is 143 cm³/mol. The van der Waals surface area contributed by atoms with Crippen molar-refractivity contribution in [3.8, 4) is 10.6 Å². The van der Waals surface area contributed by atoms with Crippen LogP contribution in [0.3, 0.4) is 0 Å². The number of anilines is 1. The van der Waals surface area contributed by atoms with E-state index in [1.165, 1.54) is 28.6 Å². The van der Waals surface area contributed by atoms with Crippen molar-refractivity contribution in [1.29, 1.82) is 0 Å². The lowest BCUT2D eigenvalue weighted by atomic mass is 10.2. The molecule has 0 atom stereocenters. The second-order valence-electron chi connectivity index (χ2n) is 8.11. The Balaban J connectivity index is 1.24. The van der Waals surface area contributed by atoms with E-state index in [0.717, 1.165) is 39.3 Å². The van der Waals surface area contributed by atoms with Crippen molar-refractivity contribution in [2.24, 2.45) is 0 Å². The second-order valence-corrected chi connectivity index (χ2v) is 11.5. The standard InChI is InChI=1S/C25H22N4O3S3/c30-23(17-10-12-20(13-11-17)35(31,32)29-14-3-4-15-29)28-25(33)26-19-7-5-6-18(16-19)24-27-21-8-1-2-9-22(21)34-24/h1-2,5-13,16H,3-4,14-15H2,(H2,26,28,30,33). The number of amides is 1. The van der Waals surface area contributed by atoms with Gasteiger partial charge in [0.25, 0.3) is 5.91 Å². The lowest BCUT2D eigenvalue weighted by Crippen LogP contribution is -2.34. The molecule has 0 radical (unpaired) electrons. The number of benzene rings is 3. The van der Waals surface area contributed by atoms with Crippen LogP contribution >= 0.6 is 23.6 Å². The molecule has 1 aliphatic heterocycles. The summed E-state index contributed by atoms with van der Waals surface area (Å²) in [5, 5.41) is 6.72. The van der Waals surface area contributed by atoms with Gasteiger partial charge in [-0.3, -0.25) is 10.1 Å². The molecule has 0 unspecified atom stereocenters. The summed E-state index contributed by atoms with van der Waals surface area (Å²) in [6.07, 6.45) is 1.74. The Morgan fingerprint density at radius 1 is 0.971 bits per heavy atom. The maximum atomic E-state index is 12.7. The van der Waals surface area contributed by atoms with Crippen molar-refractivity contribution in [1.82, 2.24) is 14.6 Å². The maximum absolute atomic E-state index is 12.7. The number of hydrogen-bond donors (Lipinski definition) is 2. The highest BCUT2D eigenvalue weighted by molar-refractivity contribution is 7.89. The molecular weight excluding hydrogens is 501 g/mol. The third-order valence-electron chi connectivity index (χ3n) is 5.71. The van der Waals surface area contributed by atoms with Crippen LogP contribution in [0.1, 0.15) is 23.2 Å². The van der Waals surface area contributed by atoms with E-state index in [-0.39, 0.29) is 10.0 Å². The summed E-state index contributed by atoms with van der Waals surface area (Å²) in [7, 11) is -3.52. The van der Waals surface area contributed by atoms with E-state index in [1.54, 1.807) is 11.3 Å². The minimum Gasteiger partial charge on any atom is -0.332 e. The van der Waals surface area contributed by atoms with Gasteiger partial charge in [-0.05, 0) is 73.6 Å². The van der Waals surface area contributed by atoms with Gasteiger partial charge in [-0.2, -0.15) is 4.31 Å². The summed E-state index contributed by atoms with van der Waals surface area (Å²) < 4.78 is 27.9. The van der Waals surface area contributed by atoms with Gasteiger partial charge in [0, 0.05) is 29.9 Å². The van der Waals surface area contributed by atoms with Crippen LogP contribution in [0.25, 0.3) is 20.8 Å². The number of thiazole rings is 1. The first-order valence-electron chi connectivity index (χ1n) is 11.1. The number of nitrogens with one attached hydrogen (secondary N) is 2. The average Bonchev–Trinajstić information content (AvgIpc) is 3.55. The van der Waals surface area contributed by atoms with Crippen LogP contribution in [0.2, 0.25) is 0 Å². The van der Waals surface area contributed by atoms with E-state index in [0.29, 0.717) is 18.7 Å². The number of sulfonamides is 1. The highest BCUT2D eigenvalue weighted by atomic mass is 32.2. The van der Waals surface area contributed by atoms with Crippen LogP contribution in [0.4, 0.5) is 5.69 Å². The molecule has 3 aromatic carbocycles. The molecule has 0 saturated carbocycles. The maximum Gasteiger partial charge on any atom is 0.257 e. The number of aromatic nitrogens is 1. The van der Waals surface area contributed by atoms with Gasteiger partial charge < -0.3 is 5.32 Å². The highest BCUT2D eigenvalue weighted by Gasteiger charge is 2.27. The summed E-state index contributed by atoms with van der Waals surface area (Å²) in [6.45, 7) is 1.06. The van der Waals surface area contributed by atoms with Gasteiger partial charge in [0.2, 0.25) is 10.0 Å². The molecule has 0 aliphatic carbocycles. The monoisotopic (exact) mass is 522 g/mol. The molecular formula is C25H22N4O3S3. The van der Waals surface area contributed by atoms with Crippen molar-refractivity contribution >= 4 is 60.5 Å². The predicted octanol–water partition coefficient (Wildman–Crippen LogP) is 4.87. The Bertz CT molecular complexity index is 1480. The Labute approximate surface area is 212 Å². The van der Waals surface area contributed by atoms with Crippen molar-refractivity contribution < 1.29 is 13.2 Å². The third kappa shape index (κ3) is 5.10. The fourth-order valence-electron chi connectivity index (χ4n) is 3.92. The molecule has 5 rings (SSSR count). The van der Waals surface area contributed by atoms with E-state index in [9.17, 15) is 13.2 Å². The zero-order valence-electron chi connectivity index (χ0n) is 18.6. The van der Waals surface area contributed by atoms with Crippen LogP contribution in [-0.4, -0.2) is 41.8 Å². The fraction of sp³-hybridized carbons (Fsp3) is 0.160. The van der Waals surface area contributed by atoms with Crippen LogP contribution in [0.15, 0.2) is 77.7 Å². The Hall–Kier alpha value is -3.18. The second kappa shape index (κ2) is 9.82. The molecule has 1 aromatic heterocycles. The summed E-state index contributed by atoms with van der Waals surface area (Å²) in [4.78, 5) is 17.5. The molecule has 10 heteroatoms.